The standard InChI is InChI=1S/C16H30N2S/c1-16(2,3)11-14-12-18-15(19-14)17-10-6-9-13-7-4-5-8-13/h13-14H,4-12H2,1-3H3,(H,17,18). The Labute approximate surface area is 123 Å². The minimum absolute atomic E-state index is 0.422. The second kappa shape index (κ2) is 7.01. The van der Waals surface area contributed by atoms with Crippen LogP contribution in [0.3, 0.4) is 0 Å². The lowest BCUT2D eigenvalue weighted by atomic mass is 9.90. The zero-order chi connectivity index (χ0) is 13.7. The van der Waals surface area contributed by atoms with Crippen molar-refractivity contribution >= 4 is 16.9 Å². The Hall–Kier alpha value is -0.180. The van der Waals surface area contributed by atoms with Crippen LogP contribution in [-0.2, 0) is 0 Å². The monoisotopic (exact) mass is 282 g/mol. The fourth-order valence-corrected chi connectivity index (χ4v) is 4.57. The number of rotatable bonds is 5. The summed E-state index contributed by atoms with van der Waals surface area (Å²) in [5.74, 6) is 1.02. The number of nitrogens with one attached hydrogen (secondary N) is 1. The molecule has 19 heavy (non-hydrogen) atoms. The number of aliphatic imine (C=N–C) groups is 1. The van der Waals surface area contributed by atoms with Gasteiger partial charge in [-0.3, -0.25) is 4.99 Å². The van der Waals surface area contributed by atoms with E-state index >= 15 is 0 Å². The molecule has 1 unspecified atom stereocenters. The topological polar surface area (TPSA) is 24.4 Å². The molecular formula is C16H30N2S. The van der Waals surface area contributed by atoms with Crippen LogP contribution in [0.15, 0.2) is 4.99 Å². The summed E-state index contributed by atoms with van der Waals surface area (Å²) in [7, 11) is 0. The lowest BCUT2D eigenvalue weighted by molar-refractivity contribution is 0.375. The molecule has 2 nitrogen and oxygen atoms in total. The van der Waals surface area contributed by atoms with E-state index in [0.29, 0.717) is 10.7 Å². The van der Waals surface area contributed by atoms with Crippen molar-refractivity contribution in [2.45, 2.75) is 71.0 Å². The van der Waals surface area contributed by atoms with Crippen molar-refractivity contribution in [1.29, 1.82) is 0 Å². The summed E-state index contributed by atoms with van der Waals surface area (Å²) in [4.78, 5) is 4.64. The Bertz CT molecular complexity index is 300. The highest BCUT2D eigenvalue weighted by atomic mass is 32.2. The van der Waals surface area contributed by atoms with Gasteiger partial charge in [-0.2, -0.15) is 0 Å². The molecule has 0 amide bonds. The van der Waals surface area contributed by atoms with Gasteiger partial charge in [-0.15, -0.1) is 0 Å². The summed E-state index contributed by atoms with van der Waals surface area (Å²) < 4.78 is 0. The second-order valence-corrected chi connectivity index (χ2v) is 8.66. The van der Waals surface area contributed by atoms with Gasteiger partial charge in [0.1, 0.15) is 0 Å². The molecule has 0 aromatic carbocycles. The molecule has 0 radical (unpaired) electrons. The summed E-state index contributed by atoms with van der Waals surface area (Å²) in [6, 6.07) is 0. The zero-order valence-electron chi connectivity index (χ0n) is 12.9. The van der Waals surface area contributed by atoms with Crippen LogP contribution in [0.2, 0.25) is 0 Å². The normalized spacial score (nSPS) is 24.8. The highest BCUT2D eigenvalue weighted by molar-refractivity contribution is 8.14. The predicted octanol–water partition coefficient (Wildman–Crippen LogP) is 4.45. The van der Waals surface area contributed by atoms with Crippen LogP contribution in [0.1, 0.15) is 65.7 Å². The second-order valence-electron chi connectivity index (χ2n) is 7.37. The van der Waals surface area contributed by atoms with Crippen LogP contribution in [-0.4, -0.2) is 23.5 Å². The van der Waals surface area contributed by atoms with Crippen LogP contribution >= 0.6 is 11.8 Å². The van der Waals surface area contributed by atoms with Gasteiger partial charge in [0, 0.05) is 11.8 Å². The molecular weight excluding hydrogens is 252 g/mol. The molecule has 2 aliphatic rings. The summed E-state index contributed by atoms with van der Waals surface area (Å²) in [6.07, 6.45) is 9.87. The molecule has 1 aliphatic heterocycles. The van der Waals surface area contributed by atoms with Gasteiger partial charge in [-0.05, 0) is 30.6 Å². The number of nitrogens with zero attached hydrogens (tertiary/aromatic N) is 1. The summed E-state index contributed by atoms with van der Waals surface area (Å²) in [5, 5.41) is 5.42. The molecule has 0 saturated heterocycles. The molecule has 0 aromatic rings. The maximum absolute atomic E-state index is 4.64. The fraction of sp³-hybridized carbons (Fsp3) is 0.938. The molecule has 0 bridgehead atoms. The van der Waals surface area contributed by atoms with Crippen LogP contribution in [0.25, 0.3) is 0 Å². The number of hydrogen-bond acceptors (Lipinski definition) is 3. The van der Waals surface area contributed by atoms with Crippen LogP contribution in [0.5, 0.6) is 0 Å². The Morgan fingerprint density at radius 2 is 2.00 bits per heavy atom. The molecule has 2 rings (SSSR count). The molecule has 1 aliphatic carbocycles. The fourth-order valence-electron chi connectivity index (χ4n) is 3.19. The van der Waals surface area contributed by atoms with E-state index in [1.54, 1.807) is 0 Å². The van der Waals surface area contributed by atoms with E-state index in [2.05, 4.69) is 31.1 Å². The summed E-state index contributed by atoms with van der Waals surface area (Å²) in [6.45, 7) is 9.08. The first-order valence-electron chi connectivity index (χ1n) is 7.98. The average Bonchev–Trinajstić information content (AvgIpc) is 2.94. The van der Waals surface area contributed by atoms with Gasteiger partial charge in [0.2, 0.25) is 0 Å². The van der Waals surface area contributed by atoms with Crippen molar-refractivity contribution in [3.05, 3.63) is 0 Å². The molecule has 1 N–H and O–H groups in total. The molecule has 1 fully saturated rings. The Balaban J connectivity index is 1.55. The van der Waals surface area contributed by atoms with E-state index in [1.807, 2.05) is 11.8 Å². The highest BCUT2D eigenvalue weighted by Crippen LogP contribution is 2.31. The highest BCUT2D eigenvalue weighted by Gasteiger charge is 2.24. The maximum atomic E-state index is 4.64. The predicted molar refractivity (Wildman–Crippen MR) is 86.9 cm³/mol. The van der Waals surface area contributed by atoms with Crippen molar-refractivity contribution in [3.8, 4) is 0 Å². The third-order valence-corrected chi connectivity index (χ3v) is 5.24. The summed E-state index contributed by atoms with van der Waals surface area (Å²) >= 11 is 1.96. The van der Waals surface area contributed by atoms with Crippen LogP contribution in [0, 0.1) is 11.3 Å². The molecule has 1 heterocycles. The van der Waals surface area contributed by atoms with E-state index in [9.17, 15) is 0 Å². The summed E-state index contributed by atoms with van der Waals surface area (Å²) in [5.41, 5.74) is 0.422. The van der Waals surface area contributed by atoms with E-state index in [0.717, 1.165) is 19.0 Å². The molecule has 0 aromatic heterocycles. The zero-order valence-corrected chi connectivity index (χ0v) is 13.7. The first kappa shape index (κ1) is 15.2. The Kier molecular flexibility index (Phi) is 5.61. The van der Waals surface area contributed by atoms with Crippen LogP contribution < -0.4 is 5.32 Å². The van der Waals surface area contributed by atoms with Crippen LogP contribution in [0.4, 0.5) is 0 Å². The minimum Gasteiger partial charge on any atom is -0.365 e. The van der Waals surface area contributed by atoms with Gasteiger partial charge in [-0.1, -0.05) is 58.2 Å². The lowest BCUT2D eigenvalue weighted by Crippen LogP contribution is -2.22. The Morgan fingerprint density at radius 1 is 1.26 bits per heavy atom. The lowest BCUT2D eigenvalue weighted by Gasteiger charge is -2.21. The third kappa shape index (κ3) is 5.76. The molecule has 3 heteroatoms. The van der Waals surface area contributed by atoms with Gasteiger partial charge in [0.25, 0.3) is 0 Å². The van der Waals surface area contributed by atoms with E-state index in [4.69, 9.17) is 0 Å². The van der Waals surface area contributed by atoms with Crippen molar-refractivity contribution in [2.75, 3.05) is 13.1 Å². The third-order valence-electron chi connectivity index (χ3n) is 4.10. The maximum Gasteiger partial charge on any atom is 0.156 e. The van der Waals surface area contributed by atoms with Crippen molar-refractivity contribution in [1.82, 2.24) is 5.32 Å². The van der Waals surface area contributed by atoms with Crippen molar-refractivity contribution < 1.29 is 0 Å². The Morgan fingerprint density at radius 3 is 2.68 bits per heavy atom. The first-order valence-corrected chi connectivity index (χ1v) is 8.86. The van der Waals surface area contributed by atoms with E-state index < -0.39 is 0 Å². The van der Waals surface area contributed by atoms with Crippen molar-refractivity contribution in [3.63, 3.8) is 0 Å². The van der Waals surface area contributed by atoms with Gasteiger partial charge >= 0.3 is 0 Å². The van der Waals surface area contributed by atoms with E-state index in [1.165, 1.54) is 50.1 Å². The van der Waals surface area contributed by atoms with Gasteiger partial charge in [-0.25, -0.2) is 0 Å². The molecule has 110 valence electrons. The molecule has 1 saturated carbocycles. The molecule has 0 spiro atoms. The minimum atomic E-state index is 0.422. The van der Waals surface area contributed by atoms with Gasteiger partial charge in [0.15, 0.2) is 5.17 Å². The van der Waals surface area contributed by atoms with Gasteiger partial charge in [0.05, 0.1) is 6.54 Å². The molecule has 1 atom stereocenters. The number of amidine groups is 1. The largest absolute Gasteiger partial charge is 0.365 e. The number of thioether (sulfide) groups is 1. The van der Waals surface area contributed by atoms with Gasteiger partial charge < -0.3 is 5.32 Å². The smallest absolute Gasteiger partial charge is 0.156 e. The van der Waals surface area contributed by atoms with Crippen molar-refractivity contribution in [2.24, 2.45) is 16.3 Å². The van der Waals surface area contributed by atoms with E-state index in [-0.39, 0.29) is 0 Å². The SMILES string of the molecule is CC(C)(C)CC1CN=C(NCCCC2CCCC2)S1. The average molecular weight is 282 g/mol. The first-order chi connectivity index (χ1) is 9.03. The number of hydrogen-bond donors (Lipinski definition) is 1. The quantitative estimate of drug-likeness (QED) is 0.753.